The van der Waals surface area contributed by atoms with Crippen molar-refractivity contribution in [2.45, 2.75) is 6.92 Å². The maximum absolute atomic E-state index is 11.6. The number of hydrogen-bond donors (Lipinski definition) is 2. The number of hydrogen-bond acceptors (Lipinski definition) is 6. The molecular weight excluding hydrogens is 304 g/mol. The Morgan fingerprint density at radius 3 is 2.91 bits per heavy atom. The molecule has 1 amide bonds. The molecule has 7 nitrogen and oxygen atoms in total. The summed E-state index contributed by atoms with van der Waals surface area (Å²) in [5, 5.41) is 17.3. The molecule has 0 aliphatic heterocycles. The number of hydrazone groups is 1. The molecule has 0 saturated carbocycles. The fourth-order valence-corrected chi connectivity index (χ4v) is 2.35. The van der Waals surface area contributed by atoms with E-state index in [-0.39, 0.29) is 17.5 Å². The van der Waals surface area contributed by atoms with Crippen LogP contribution in [0.3, 0.4) is 0 Å². The molecule has 0 aliphatic carbocycles. The van der Waals surface area contributed by atoms with Gasteiger partial charge in [-0.2, -0.15) is 5.10 Å². The fourth-order valence-electron chi connectivity index (χ4n) is 1.65. The van der Waals surface area contributed by atoms with Gasteiger partial charge in [-0.3, -0.25) is 14.9 Å². The zero-order valence-corrected chi connectivity index (χ0v) is 12.6. The van der Waals surface area contributed by atoms with Crippen LogP contribution in [0.1, 0.15) is 10.4 Å². The summed E-state index contributed by atoms with van der Waals surface area (Å²) < 4.78 is 0. The molecule has 1 heterocycles. The molecule has 2 aromatic rings. The van der Waals surface area contributed by atoms with Crippen LogP contribution in [0.5, 0.6) is 0 Å². The van der Waals surface area contributed by atoms with Crippen molar-refractivity contribution in [3.05, 3.63) is 57.0 Å². The van der Waals surface area contributed by atoms with Gasteiger partial charge in [-0.15, -0.1) is 0 Å². The maximum atomic E-state index is 11.6. The van der Waals surface area contributed by atoms with Crippen molar-refractivity contribution < 1.29 is 9.72 Å². The van der Waals surface area contributed by atoms with Crippen LogP contribution in [0.25, 0.3) is 0 Å². The highest BCUT2D eigenvalue weighted by molar-refractivity contribution is 7.16. The predicted molar refractivity (Wildman–Crippen MR) is 86.4 cm³/mol. The molecule has 114 valence electrons. The van der Waals surface area contributed by atoms with Gasteiger partial charge in [-0.05, 0) is 30.7 Å². The molecule has 2 rings (SSSR count). The van der Waals surface area contributed by atoms with E-state index in [9.17, 15) is 14.9 Å². The smallest absolute Gasteiger partial charge is 0.324 e. The highest BCUT2D eigenvalue weighted by atomic mass is 32.1. The highest BCUT2D eigenvalue weighted by Crippen LogP contribution is 2.22. The minimum Gasteiger partial charge on any atom is -0.376 e. The first-order valence-corrected chi connectivity index (χ1v) is 7.23. The van der Waals surface area contributed by atoms with Crippen LogP contribution < -0.4 is 10.7 Å². The first-order chi connectivity index (χ1) is 10.5. The highest BCUT2D eigenvalue weighted by Gasteiger charge is 2.08. The first-order valence-electron chi connectivity index (χ1n) is 6.41. The Morgan fingerprint density at radius 2 is 2.23 bits per heavy atom. The van der Waals surface area contributed by atoms with Gasteiger partial charge in [0.25, 0.3) is 5.91 Å². The van der Waals surface area contributed by atoms with E-state index in [4.69, 9.17) is 0 Å². The van der Waals surface area contributed by atoms with E-state index in [1.165, 1.54) is 12.3 Å². The molecule has 0 bridgehead atoms. The lowest BCUT2D eigenvalue weighted by Crippen LogP contribution is -2.25. The largest absolute Gasteiger partial charge is 0.376 e. The van der Waals surface area contributed by atoms with E-state index in [0.29, 0.717) is 4.88 Å². The van der Waals surface area contributed by atoms with E-state index in [2.05, 4.69) is 15.8 Å². The van der Waals surface area contributed by atoms with Crippen molar-refractivity contribution in [2.24, 2.45) is 5.10 Å². The molecule has 0 fully saturated rings. The molecule has 0 unspecified atom stereocenters. The number of carbonyl (C=O) groups excluding carboxylic acids is 1. The Hall–Kier alpha value is -2.74. The van der Waals surface area contributed by atoms with Crippen molar-refractivity contribution >= 4 is 34.1 Å². The maximum Gasteiger partial charge on any atom is 0.324 e. The molecule has 1 aromatic carbocycles. The number of nitrogens with one attached hydrogen (secondary N) is 2. The minimum absolute atomic E-state index is 0.0360. The number of thiophene rings is 1. The van der Waals surface area contributed by atoms with Gasteiger partial charge in [0.1, 0.15) is 0 Å². The van der Waals surface area contributed by atoms with Crippen molar-refractivity contribution in [3.8, 4) is 0 Å². The van der Waals surface area contributed by atoms with Crippen LogP contribution in [0.2, 0.25) is 0 Å². The number of benzene rings is 1. The van der Waals surface area contributed by atoms with Gasteiger partial charge in [0.05, 0.1) is 22.6 Å². The summed E-state index contributed by atoms with van der Waals surface area (Å²) in [7, 11) is 0. The molecule has 8 heteroatoms. The average molecular weight is 318 g/mol. The molecule has 22 heavy (non-hydrogen) atoms. The van der Waals surface area contributed by atoms with E-state index >= 15 is 0 Å². The van der Waals surface area contributed by atoms with E-state index in [1.54, 1.807) is 6.07 Å². The van der Waals surface area contributed by atoms with Gasteiger partial charge >= 0.3 is 5.00 Å². The quantitative estimate of drug-likeness (QED) is 0.486. The lowest BCUT2D eigenvalue weighted by atomic mass is 10.2. The van der Waals surface area contributed by atoms with Gasteiger partial charge in [0.15, 0.2) is 0 Å². The standard InChI is InChI=1S/C14H14N4O3S/c1-10-3-2-4-11(7-10)15-9-13(19)17-16-8-12-5-6-14(22-12)18(20)21/h2-8,15H,9H2,1H3,(H,17,19). The lowest BCUT2D eigenvalue weighted by Gasteiger charge is -2.05. The summed E-state index contributed by atoms with van der Waals surface area (Å²) in [4.78, 5) is 22.3. The Labute approximate surface area is 130 Å². The topological polar surface area (TPSA) is 96.6 Å². The minimum atomic E-state index is -0.466. The number of anilines is 1. The van der Waals surface area contributed by atoms with Gasteiger partial charge < -0.3 is 5.32 Å². The van der Waals surface area contributed by atoms with E-state index in [0.717, 1.165) is 22.6 Å². The number of nitro groups is 1. The molecule has 0 radical (unpaired) electrons. The number of aryl methyl sites for hydroxylation is 1. The van der Waals surface area contributed by atoms with Gasteiger partial charge in [-0.1, -0.05) is 23.5 Å². The van der Waals surface area contributed by atoms with Crippen LogP contribution in [0.15, 0.2) is 41.5 Å². The molecule has 2 N–H and O–H groups in total. The summed E-state index contributed by atoms with van der Waals surface area (Å²) in [5.74, 6) is -0.302. The summed E-state index contributed by atoms with van der Waals surface area (Å²) in [6.45, 7) is 2.06. The molecule has 0 spiro atoms. The SMILES string of the molecule is Cc1cccc(NCC(=O)NN=Cc2ccc([N+](=O)[O-])s2)c1. The third-order valence-corrected chi connectivity index (χ3v) is 3.62. The van der Waals surface area contributed by atoms with Gasteiger partial charge in [0.2, 0.25) is 0 Å². The van der Waals surface area contributed by atoms with Crippen LogP contribution in [0, 0.1) is 17.0 Å². The van der Waals surface area contributed by atoms with Crippen LogP contribution >= 0.6 is 11.3 Å². The average Bonchev–Trinajstić information content (AvgIpc) is 2.94. The molecule has 1 aromatic heterocycles. The summed E-state index contributed by atoms with van der Waals surface area (Å²) in [6, 6.07) is 10.6. The lowest BCUT2D eigenvalue weighted by molar-refractivity contribution is -0.380. The number of carbonyl (C=O) groups is 1. The Morgan fingerprint density at radius 1 is 1.41 bits per heavy atom. The summed E-state index contributed by atoms with van der Waals surface area (Å²) in [6.07, 6.45) is 1.38. The number of nitrogens with zero attached hydrogens (tertiary/aromatic N) is 2. The van der Waals surface area contributed by atoms with E-state index in [1.807, 2.05) is 31.2 Å². The third-order valence-electron chi connectivity index (χ3n) is 2.64. The summed E-state index contributed by atoms with van der Waals surface area (Å²) in [5.41, 5.74) is 4.31. The monoisotopic (exact) mass is 318 g/mol. The Balaban J connectivity index is 1.79. The first kappa shape index (κ1) is 15.6. The second kappa shape index (κ2) is 7.32. The zero-order valence-electron chi connectivity index (χ0n) is 11.8. The van der Waals surface area contributed by atoms with Crippen molar-refractivity contribution in [2.75, 3.05) is 11.9 Å². The Kier molecular flexibility index (Phi) is 5.21. The second-order valence-electron chi connectivity index (χ2n) is 4.45. The van der Waals surface area contributed by atoms with Gasteiger partial charge in [-0.25, -0.2) is 5.43 Å². The second-order valence-corrected chi connectivity index (χ2v) is 5.54. The molecule has 0 saturated heterocycles. The van der Waals surface area contributed by atoms with Crippen molar-refractivity contribution in [1.82, 2.24) is 5.43 Å². The Bertz CT molecular complexity index is 712. The third kappa shape index (κ3) is 4.67. The zero-order chi connectivity index (χ0) is 15.9. The fraction of sp³-hybridized carbons (Fsp3) is 0.143. The molecular formula is C14H14N4O3S. The van der Waals surface area contributed by atoms with Crippen molar-refractivity contribution in [3.63, 3.8) is 0 Å². The number of amides is 1. The summed E-state index contributed by atoms with van der Waals surface area (Å²) >= 11 is 0.989. The normalized spacial score (nSPS) is 10.6. The van der Waals surface area contributed by atoms with Gasteiger partial charge in [0, 0.05) is 11.8 Å². The molecule has 0 atom stereocenters. The molecule has 0 aliphatic rings. The van der Waals surface area contributed by atoms with Crippen LogP contribution in [0.4, 0.5) is 10.7 Å². The van der Waals surface area contributed by atoms with Crippen LogP contribution in [-0.4, -0.2) is 23.6 Å². The number of rotatable bonds is 6. The predicted octanol–water partition coefficient (Wildman–Crippen LogP) is 2.53. The van der Waals surface area contributed by atoms with Crippen molar-refractivity contribution in [1.29, 1.82) is 0 Å². The van der Waals surface area contributed by atoms with E-state index < -0.39 is 4.92 Å². The van der Waals surface area contributed by atoms with Crippen LogP contribution in [-0.2, 0) is 4.79 Å².